The molecule has 1 aromatic heterocycles. The lowest BCUT2D eigenvalue weighted by Gasteiger charge is -2.06. The van der Waals surface area contributed by atoms with Gasteiger partial charge in [0.2, 0.25) is 0 Å². The fourth-order valence-electron chi connectivity index (χ4n) is 2.73. The van der Waals surface area contributed by atoms with E-state index in [1.807, 2.05) is 12.1 Å². The van der Waals surface area contributed by atoms with Crippen LogP contribution in [0.3, 0.4) is 0 Å². The standard InChI is InChI=1S/C13H16N2O/c1-16-12-4-2-3-9-7-11-10(8-14)5-6-15(11)13(9)12/h2-4,7,10H,5-6,8,14H2,1H3. The molecule has 0 saturated heterocycles. The second-order valence-electron chi connectivity index (χ2n) is 4.34. The van der Waals surface area contributed by atoms with E-state index in [9.17, 15) is 0 Å². The van der Waals surface area contributed by atoms with E-state index in [0.29, 0.717) is 5.92 Å². The SMILES string of the molecule is COc1cccc2cc3n(c12)CCC3CN. The van der Waals surface area contributed by atoms with Crippen molar-refractivity contribution in [3.8, 4) is 5.75 Å². The van der Waals surface area contributed by atoms with Gasteiger partial charge in [0.25, 0.3) is 0 Å². The largest absolute Gasteiger partial charge is 0.495 e. The van der Waals surface area contributed by atoms with Gasteiger partial charge in [-0.15, -0.1) is 0 Å². The molecule has 3 nitrogen and oxygen atoms in total. The van der Waals surface area contributed by atoms with E-state index >= 15 is 0 Å². The zero-order chi connectivity index (χ0) is 11.1. The van der Waals surface area contributed by atoms with E-state index in [2.05, 4.69) is 16.7 Å². The molecule has 0 bridgehead atoms. The summed E-state index contributed by atoms with van der Waals surface area (Å²) >= 11 is 0. The number of nitrogens with zero attached hydrogens (tertiary/aromatic N) is 1. The minimum atomic E-state index is 0.511. The van der Waals surface area contributed by atoms with E-state index < -0.39 is 0 Å². The number of hydrogen-bond donors (Lipinski definition) is 1. The second-order valence-corrected chi connectivity index (χ2v) is 4.34. The molecule has 0 radical (unpaired) electrons. The minimum Gasteiger partial charge on any atom is -0.495 e. The summed E-state index contributed by atoms with van der Waals surface area (Å²) in [5.41, 5.74) is 8.38. The average Bonchev–Trinajstić information content (AvgIpc) is 2.86. The number of aromatic nitrogens is 1. The molecule has 3 heteroatoms. The number of benzene rings is 1. The highest BCUT2D eigenvalue weighted by molar-refractivity contribution is 5.87. The van der Waals surface area contributed by atoms with Gasteiger partial charge in [0.05, 0.1) is 12.6 Å². The molecular weight excluding hydrogens is 200 g/mol. The van der Waals surface area contributed by atoms with Gasteiger partial charge in [-0.2, -0.15) is 0 Å². The van der Waals surface area contributed by atoms with Gasteiger partial charge in [-0.05, 0) is 18.6 Å². The Morgan fingerprint density at radius 1 is 1.50 bits per heavy atom. The van der Waals surface area contributed by atoms with E-state index in [-0.39, 0.29) is 0 Å². The van der Waals surface area contributed by atoms with Crippen LogP contribution in [0.4, 0.5) is 0 Å². The van der Waals surface area contributed by atoms with E-state index in [1.54, 1.807) is 7.11 Å². The number of methoxy groups -OCH3 is 1. The molecule has 1 aromatic carbocycles. The second kappa shape index (κ2) is 3.52. The van der Waals surface area contributed by atoms with Gasteiger partial charge in [-0.3, -0.25) is 0 Å². The van der Waals surface area contributed by atoms with Crippen molar-refractivity contribution >= 4 is 10.9 Å². The number of aryl methyl sites for hydroxylation is 1. The molecule has 2 heterocycles. The van der Waals surface area contributed by atoms with Crippen molar-refractivity contribution in [3.05, 3.63) is 30.0 Å². The molecule has 0 saturated carbocycles. The van der Waals surface area contributed by atoms with Crippen molar-refractivity contribution in [2.24, 2.45) is 5.73 Å². The Morgan fingerprint density at radius 3 is 3.12 bits per heavy atom. The smallest absolute Gasteiger partial charge is 0.143 e. The highest BCUT2D eigenvalue weighted by Crippen LogP contribution is 2.37. The van der Waals surface area contributed by atoms with Gasteiger partial charge in [0, 0.05) is 30.1 Å². The third kappa shape index (κ3) is 1.18. The maximum absolute atomic E-state index is 5.80. The number of fused-ring (bicyclic) bond motifs is 3. The Kier molecular flexibility index (Phi) is 2.14. The Bertz CT molecular complexity index is 530. The molecular formula is C13H16N2O. The van der Waals surface area contributed by atoms with E-state index in [0.717, 1.165) is 25.3 Å². The van der Waals surface area contributed by atoms with E-state index in [1.165, 1.54) is 16.6 Å². The number of ether oxygens (including phenoxy) is 1. The molecule has 0 amide bonds. The normalized spacial score (nSPS) is 19.0. The van der Waals surface area contributed by atoms with Crippen LogP contribution >= 0.6 is 0 Å². The Morgan fingerprint density at radius 2 is 2.38 bits per heavy atom. The van der Waals surface area contributed by atoms with Crippen LogP contribution in [-0.4, -0.2) is 18.2 Å². The van der Waals surface area contributed by atoms with Crippen molar-refractivity contribution in [1.29, 1.82) is 0 Å². The molecule has 0 fully saturated rings. The highest BCUT2D eigenvalue weighted by atomic mass is 16.5. The van der Waals surface area contributed by atoms with Crippen molar-refractivity contribution in [3.63, 3.8) is 0 Å². The zero-order valence-corrected chi connectivity index (χ0v) is 9.44. The monoisotopic (exact) mass is 216 g/mol. The van der Waals surface area contributed by atoms with Crippen LogP contribution in [-0.2, 0) is 6.54 Å². The summed E-state index contributed by atoms with van der Waals surface area (Å²) in [6.45, 7) is 1.79. The maximum Gasteiger partial charge on any atom is 0.143 e. The Labute approximate surface area is 94.8 Å². The summed E-state index contributed by atoms with van der Waals surface area (Å²) in [6.07, 6.45) is 1.15. The van der Waals surface area contributed by atoms with Crippen LogP contribution in [0, 0.1) is 0 Å². The molecule has 1 atom stereocenters. The number of para-hydroxylation sites is 1. The molecule has 0 spiro atoms. The summed E-state index contributed by atoms with van der Waals surface area (Å²) in [5, 5.41) is 1.26. The first-order valence-electron chi connectivity index (χ1n) is 5.71. The summed E-state index contributed by atoms with van der Waals surface area (Å²) in [7, 11) is 1.73. The fraction of sp³-hybridized carbons (Fsp3) is 0.385. The summed E-state index contributed by atoms with van der Waals surface area (Å²) in [4.78, 5) is 0. The molecule has 84 valence electrons. The van der Waals surface area contributed by atoms with E-state index in [4.69, 9.17) is 10.5 Å². The first-order valence-corrected chi connectivity index (χ1v) is 5.71. The van der Waals surface area contributed by atoms with Crippen LogP contribution in [0.5, 0.6) is 5.75 Å². The fourth-order valence-corrected chi connectivity index (χ4v) is 2.73. The van der Waals surface area contributed by atoms with Gasteiger partial charge in [-0.25, -0.2) is 0 Å². The van der Waals surface area contributed by atoms with Crippen LogP contribution < -0.4 is 10.5 Å². The first-order chi connectivity index (χ1) is 7.85. The molecule has 16 heavy (non-hydrogen) atoms. The average molecular weight is 216 g/mol. The van der Waals surface area contributed by atoms with Crippen molar-refractivity contribution in [1.82, 2.24) is 4.57 Å². The molecule has 1 aliphatic heterocycles. The minimum absolute atomic E-state index is 0.511. The quantitative estimate of drug-likeness (QED) is 0.835. The predicted molar refractivity (Wildman–Crippen MR) is 64.9 cm³/mol. The topological polar surface area (TPSA) is 40.2 Å². The lowest BCUT2D eigenvalue weighted by molar-refractivity contribution is 0.417. The molecule has 2 N–H and O–H groups in total. The van der Waals surface area contributed by atoms with Gasteiger partial charge < -0.3 is 15.0 Å². The Balaban J connectivity index is 2.27. The Hall–Kier alpha value is -1.48. The van der Waals surface area contributed by atoms with Crippen LogP contribution in [0.25, 0.3) is 10.9 Å². The predicted octanol–water partition coefficient (Wildman–Crippen LogP) is 2.10. The third-order valence-corrected chi connectivity index (χ3v) is 3.54. The van der Waals surface area contributed by atoms with Gasteiger partial charge in [0.1, 0.15) is 5.75 Å². The van der Waals surface area contributed by atoms with Crippen LogP contribution in [0.2, 0.25) is 0 Å². The lowest BCUT2D eigenvalue weighted by Crippen LogP contribution is -2.08. The molecule has 3 rings (SSSR count). The number of rotatable bonds is 2. The zero-order valence-electron chi connectivity index (χ0n) is 9.44. The molecule has 2 aromatic rings. The highest BCUT2D eigenvalue weighted by Gasteiger charge is 2.24. The third-order valence-electron chi connectivity index (χ3n) is 3.54. The molecule has 1 unspecified atom stereocenters. The summed E-state index contributed by atoms with van der Waals surface area (Å²) < 4.78 is 7.78. The van der Waals surface area contributed by atoms with Crippen LogP contribution in [0.1, 0.15) is 18.0 Å². The summed E-state index contributed by atoms with van der Waals surface area (Å²) in [6, 6.07) is 8.44. The van der Waals surface area contributed by atoms with Crippen molar-refractivity contribution < 1.29 is 4.74 Å². The first kappa shape index (κ1) is 9.73. The number of nitrogens with two attached hydrogens (primary N) is 1. The number of hydrogen-bond acceptors (Lipinski definition) is 2. The molecule has 1 aliphatic rings. The van der Waals surface area contributed by atoms with Gasteiger partial charge in [-0.1, -0.05) is 12.1 Å². The lowest BCUT2D eigenvalue weighted by atomic mass is 10.0. The molecule has 0 aliphatic carbocycles. The van der Waals surface area contributed by atoms with Gasteiger partial charge in [0.15, 0.2) is 0 Å². The van der Waals surface area contributed by atoms with Crippen LogP contribution in [0.15, 0.2) is 24.3 Å². The van der Waals surface area contributed by atoms with Crippen molar-refractivity contribution in [2.75, 3.05) is 13.7 Å². The van der Waals surface area contributed by atoms with Crippen molar-refractivity contribution in [2.45, 2.75) is 18.9 Å². The summed E-state index contributed by atoms with van der Waals surface area (Å²) in [5.74, 6) is 1.47. The maximum atomic E-state index is 5.80. The van der Waals surface area contributed by atoms with Gasteiger partial charge >= 0.3 is 0 Å².